The number of nitrogens with one attached hydrogen (secondary N) is 2. The van der Waals surface area contributed by atoms with Crippen molar-refractivity contribution in [3.63, 3.8) is 0 Å². The van der Waals surface area contributed by atoms with Gasteiger partial charge in [0.2, 0.25) is 0 Å². The third-order valence-electron chi connectivity index (χ3n) is 4.10. The first-order chi connectivity index (χ1) is 15.0. The van der Waals surface area contributed by atoms with E-state index in [1.807, 2.05) is 0 Å². The average molecular weight is 482 g/mol. The average Bonchev–Trinajstić information content (AvgIpc) is 2.75. The maximum atomic E-state index is 12.8. The van der Waals surface area contributed by atoms with Gasteiger partial charge in [0.25, 0.3) is 15.9 Å². The van der Waals surface area contributed by atoms with E-state index in [1.54, 1.807) is 0 Å². The van der Waals surface area contributed by atoms with Gasteiger partial charge in [0.05, 0.1) is 16.7 Å². The van der Waals surface area contributed by atoms with Crippen LogP contribution in [0.4, 0.5) is 18.9 Å². The van der Waals surface area contributed by atoms with Gasteiger partial charge in [0, 0.05) is 16.3 Å². The first-order valence-electron chi connectivity index (χ1n) is 8.94. The summed E-state index contributed by atoms with van der Waals surface area (Å²) in [5.41, 5.74) is 1.72. The van der Waals surface area contributed by atoms with Gasteiger partial charge in [-0.05, 0) is 60.2 Å². The Morgan fingerprint density at radius 1 is 0.969 bits per heavy atom. The summed E-state index contributed by atoms with van der Waals surface area (Å²) < 4.78 is 65.8. The molecule has 0 radical (unpaired) electrons. The first kappa shape index (κ1) is 23.3. The summed E-state index contributed by atoms with van der Waals surface area (Å²) in [6, 6.07) is 15.6. The SMILES string of the molecule is O=C(NN=Cc1cccc(C(F)(F)F)c1)c1cccc(S(=O)(=O)Nc2ccc(Cl)cc2)c1. The van der Waals surface area contributed by atoms with Gasteiger partial charge in [0.15, 0.2) is 0 Å². The third-order valence-corrected chi connectivity index (χ3v) is 5.73. The minimum Gasteiger partial charge on any atom is -0.280 e. The predicted octanol–water partition coefficient (Wildman–Crippen LogP) is 4.92. The molecule has 0 atom stereocenters. The maximum absolute atomic E-state index is 12.8. The van der Waals surface area contributed by atoms with Gasteiger partial charge in [0.1, 0.15) is 0 Å². The fourth-order valence-electron chi connectivity index (χ4n) is 2.56. The van der Waals surface area contributed by atoms with Gasteiger partial charge in [-0.3, -0.25) is 9.52 Å². The third kappa shape index (κ3) is 6.08. The zero-order chi connectivity index (χ0) is 23.4. The highest BCUT2D eigenvalue weighted by Gasteiger charge is 2.30. The van der Waals surface area contributed by atoms with Crippen LogP contribution >= 0.6 is 11.6 Å². The van der Waals surface area contributed by atoms with Crippen LogP contribution in [0.25, 0.3) is 0 Å². The first-order valence-corrected chi connectivity index (χ1v) is 10.8. The second kappa shape index (κ2) is 9.41. The number of nitrogens with zero attached hydrogens (tertiary/aromatic N) is 1. The number of hydrogen-bond acceptors (Lipinski definition) is 4. The van der Waals surface area contributed by atoms with E-state index in [1.165, 1.54) is 54.6 Å². The lowest BCUT2D eigenvalue weighted by molar-refractivity contribution is -0.137. The number of anilines is 1. The van der Waals surface area contributed by atoms with Crippen molar-refractivity contribution in [1.82, 2.24) is 5.43 Å². The van der Waals surface area contributed by atoms with E-state index in [0.717, 1.165) is 24.4 Å². The summed E-state index contributed by atoms with van der Waals surface area (Å²) >= 11 is 5.78. The Morgan fingerprint density at radius 3 is 2.34 bits per heavy atom. The molecule has 0 aromatic heterocycles. The molecule has 0 spiro atoms. The lowest BCUT2D eigenvalue weighted by Crippen LogP contribution is -2.19. The van der Waals surface area contributed by atoms with E-state index >= 15 is 0 Å². The molecular formula is C21H15ClF3N3O3S. The van der Waals surface area contributed by atoms with Crippen LogP contribution in [0.2, 0.25) is 5.02 Å². The van der Waals surface area contributed by atoms with Crippen LogP contribution in [0.3, 0.4) is 0 Å². The van der Waals surface area contributed by atoms with Crippen LogP contribution in [0.1, 0.15) is 21.5 Å². The molecule has 3 aromatic carbocycles. The predicted molar refractivity (Wildman–Crippen MR) is 115 cm³/mol. The molecule has 32 heavy (non-hydrogen) atoms. The molecule has 0 aliphatic carbocycles. The van der Waals surface area contributed by atoms with Gasteiger partial charge in [-0.1, -0.05) is 29.8 Å². The van der Waals surface area contributed by atoms with Crippen molar-refractivity contribution in [2.75, 3.05) is 4.72 Å². The Hall–Kier alpha value is -3.37. The van der Waals surface area contributed by atoms with Crippen LogP contribution in [-0.2, 0) is 16.2 Å². The van der Waals surface area contributed by atoms with Crippen molar-refractivity contribution >= 4 is 39.4 Å². The van der Waals surface area contributed by atoms with E-state index in [0.29, 0.717) is 5.02 Å². The largest absolute Gasteiger partial charge is 0.416 e. The lowest BCUT2D eigenvalue weighted by atomic mass is 10.1. The van der Waals surface area contributed by atoms with E-state index in [2.05, 4.69) is 15.2 Å². The number of carbonyl (C=O) groups excluding carboxylic acids is 1. The molecule has 3 rings (SSSR count). The fourth-order valence-corrected chi connectivity index (χ4v) is 3.79. The molecular weight excluding hydrogens is 467 g/mol. The Balaban J connectivity index is 1.71. The summed E-state index contributed by atoms with van der Waals surface area (Å²) in [4.78, 5) is 12.1. The summed E-state index contributed by atoms with van der Waals surface area (Å²) in [5, 5.41) is 4.08. The minimum absolute atomic E-state index is 0.00910. The highest BCUT2D eigenvalue weighted by Crippen LogP contribution is 2.29. The molecule has 0 saturated carbocycles. The molecule has 0 heterocycles. The van der Waals surface area contributed by atoms with Gasteiger partial charge >= 0.3 is 6.18 Å². The van der Waals surface area contributed by atoms with Crippen molar-refractivity contribution in [3.05, 3.63) is 94.5 Å². The highest BCUT2D eigenvalue weighted by molar-refractivity contribution is 7.92. The van der Waals surface area contributed by atoms with Crippen LogP contribution in [-0.4, -0.2) is 20.5 Å². The molecule has 11 heteroatoms. The molecule has 1 amide bonds. The van der Waals surface area contributed by atoms with Gasteiger partial charge in [-0.25, -0.2) is 13.8 Å². The number of benzene rings is 3. The number of halogens is 4. The second-order valence-electron chi connectivity index (χ2n) is 6.46. The molecule has 0 saturated heterocycles. The topological polar surface area (TPSA) is 87.6 Å². The van der Waals surface area contributed by atoms with Gasteiger partial charge in [-0.2, -0.15) is 18.3 Å². The number of hydrogen-bond donors (Lipinski definition) is 2. The number of carbonyl (C=O) groups is 1. The molecule has 166 valence electrons. The quantitative estimate of drug-likeness (QED) is 0.387. The van der Waals surface area contributed by atoms with Gasteiger partial charge in [-0.15, -0.1) is 0 Å². The van der Waals surface area contributed by atoms with Crippen LogP contribution < -0.4 is 10.1 Å². The van der Waals surface area contributed by atoms with Crippen LogP contribution in [0.5, 0.6) is 0 Å². The molecule has 0 aliphatic rings. The number of rotatable bonds is 6. The second-order valence-corrected chi connectivity index (χ2v) is 8.58. The van der Waals surface area contributed by atoms with Crippen LogP contribution in [0.15, 0.2) is 82.8 Å². The van der Waals surface area contributed by atoms with E-state index in [9.17, 15) is 26.4 Å². The number of hydrazone groups is 1. The minimum atomic E-state index is -4.50. The molecule has 0 aliphatic heterocycles. The Labute approximate surface area is 186 Å². The van der Waals surface area contributed by atoms with E-state index in [4.69, 9.17) is 11.6 Å². The Bertz CT molecular complexity index is 1260. The number of amides is 1. The van der Waals surface area contributed by atoms with E-state index in [-0.39, 0.29) is 21.7 Å². The zero-order valence-electron chi connectivity index (χ0n) is 16.1. The van der Waals surface area contributed by atoms with Crippen molar-refractivity contribution in [3.8, 4) is 0 Å². The van der Waals surface area contributed by atoms with Crippen molar-refractivity contribution in [2.45, 2.75) is 11.1 Å². The summed E-state index contributed by atoms with van der Waals surface area (Å²) in [5.74, 6) is -0.739. The molecule has 3 aromatic rings. The Kier molecular flexibility index (Phi) is 6.85. The zero-order valence-corrected chi connectivity index (χ0v) is 17.7. The standard InChI is InChI=1S/C21H15ClF3N3O3S/c22-17-7-9-18(10-8-17)28-32(30,31)19-6-2-4-15(12-19)20(29)27-26-13-14-3-1-5-16(11-14)21(23,24)25/h1-13,28H,(H,27,29). The summed E-state index contributed by atoms with van der Waals surface area (Å²) in [6.45, 7) is 0. The molecule has 0 unspecified atom stereocenters. The normalized spacial score (nSPS) is 12.0. The van der Waals surface area contributed by atoms with Gasteiger partial charge < -0.3 is 0 Å². The van der Waals surface area contributed by atoms with Crippen LogP contribution in [0, 0.1) is 0 Å². The molecule has 6 nitrogen and oxygen atoms in total. The molecule has 2 N–H and O–H groups in total. The fraction of sp³-hybridized carbons (Fsp3) is 0.0476. The Morgan fingerprint density at radius 2 is 1.66 bits per heavy atom. The lowest BCUT2D eigenvalue weighted by Gasteiger charge is -2.09. The monoisotopic (exact) mass is 481 g/mol. The van der Waals surface area contributed by atoms with E-state index < -0.39 is 27.7 Å². The number of sulfonamides is 1. The van der Waals surface area contributed by atoms with Crippen molar-refractivity contribution in [2.24, 2.45) is 5.10 Å². The number of alkyl halides is 3. The maximum Gasteiger partial charge on any atom is 0.416 e. The van der Waals surface area contributed by atoms with Crippen molar-refractivity contribution < 1.29 is 26.4 Å². The summed E-state index contributed by atoms with van der Waals surface area (Å²) in [6.07, 6.45) is -3.45. The summed E-state index contributed by atoms with van der Waals surface area (Å²) in [7, 11) is -3.98. The van der Waals surface area contributed by atoms with Crippen molar-refractivity contribution in [1.29, 1.82) is 0 Å². The highest BCUT2D eigenvalue weighted by atomic mass is 35.5. The molecule has 0 bridgehead atoms. The molecule has 0 fully saturated rings. The smallest absolute Gasteiger partial charge is 0.280 e.